The predicted molar refractivity (Wildman–Crippen MR) is 219 cm³/mol. The molecule has 0 radical (unpaired) electrons. The Morgan fingerprint density at radius 3 is 1.95 bits per heavy atom. The van der Waals surface area contributed by atoms with Crippen LogP contribution >= 0.6 is 0 Å². The molecule has 1 saturated carbocycles. The summed E-state index contributed by atoms with van der Waals surface area (Å²) in [4.78, 5) is 120. The van der Waals surface area contributed by atoms with E-state index in [1.165, 1.54) is 0 Å². The van der Waals surface area contributed by atoms with E-state index >= 15 is 4.79 Å². The third kappa shape index (κ3) is 18.4. The highest BCUT2D eigenvalue weighted by molar-refractivity contribution is 6.40. The minimum absolute atomic E-state index is 0.0219. The molecule has 1 aromatic rings. The maximum atomic E-state index is 15.1. The summed E-state index contributed by atoms with van der Waals surface area (Å²) >= 11 is 0. The van der Waals surface area contributed by atoms with Crippen LogP contribution in [0.3, 0.4) is 0 Å². The van der Waals surface area contributed by atoms with Crippen molar-refractivity contribution in [1.82, 2.24) is 26.2 Å². The standard InChI is InChI=1S/C40H61BN6O14/c1-23(2)20-29(37(56)43-19-9-18-41(60)61)45-39(58)35(25-11-5-4-6-12-25)47(31(48)15-17-33(51)52)40(59)30(21-26-13-8-7-10-24(26)3)46-38(57)28(14-16-32(49)50)44-36(55)27(42)22-34(53)54/h7-8,10,13,23,25,27-30,35,60-61H,4-6,9,11-12,14-22,42H2,1-3H3,(H,43,56)(H,44,55)(H,45,58)(H,46,57)(H,49,50)(H,51,52)(H,53,54)/t27-,28-,29-,30-,35-/m0/s1. The summed E-state index contributed by atoms with van der Waals surface area (Å²) in [5.41, 5.74) is 6.87. The van der Waals surface area contributed by atoms with Crippen LogP contribution in [0.1, 0.15) is 102 Å². The van der Waals surface area contributed by atoms with Crippen LogP contribution in [0.4, 0.5) is 0 Å². The van der Waals surface area contributed by atoms with Crippen molar-refractivity contribution in [2.45, 2.75) is 141 Å². The number of hydrogen-bond acceptors (Lipinski definition) is 12. The summed E-state index contributed by atoms with van der Waals surface area (Å²) in [6.07, 6.45) is -0.666. The van der Waals surface area contributed by atoms with Crippen molar-refractivity contribution in [3.8, 4) is 0 Å². The fourth-order valence-electron chi connectivity index (χ4n) is 7.12. The number of amides is 6. The van der Waals surface area contributed by atoms with E-state index < -0.39 is 129 Å². The molecule has 1 fully saturated rings. The molecule has 11 N–H and O–H groups in total. The van der Waals surface area contributed by atoms with E-state index in [-0.39, 0.29) is 38.0 Å². The third-order valence-electron chi connectivity index (χ3n) is 10.3. The van der Waals surface area contributed by atoms with Crippen LogP contribution < -0.4 is 27.0 Å². The molecule has 0 aliphatic heterocycles. The Morgan fingerprint density at radius 2 is 1.38 bits per heavy atom. The molecule has 21 heteroatoms. The average molecular weight is 861 g/mol. The Balaban J connectivity index is 2.73. The van der Waals surface area contributed by atoms with Gasteiger partial charge in [0.05, 0.1) is 18.9 Å². The van der Waals surface area contributed by atoms with Crippen LogP contribution in [0, 0.1) is 18.8 Å². The van der Waals surface area contributed by atoms with Gasteiger partial charge in [-0.2, -0.15) is 0 Å². The lowest BCUT2D eigenvalue weighted by molar-refractivity contribution is -0.157. The van der Waals surface area contributed by atoms with Crippen molar-refractivity contribution in [3.63, 3.8) is 0 Å². The van der Waals surface area contributed by atoms with E-state index in [9.17, 15) is 58.6 Å². The molecule has 6 amide bonds. The highest BCUT2D eigenvalue weighted by atomic mass is 16.4. The first-order valence-corrected chi connectivity index (χ1v) is 20.6. The quantitative estimate of drug-likeness (QED) is 0.0428. The summed E-state index contributed by atoms with van der Waals surface area (Å²) in [6.45, 7) is 5.38. The Morgan fingerprint density at radius 1 is 0.770 bits per heavy atom. The number of imide groups is 1. The molecule has 0 unspecified atom stereocenters. The molecule has 20 nitrogen and oxygen atoms in total. The Hall–Kier alpha value is -5.41. The van der Waals surface area contributed by atoms with E-state index in [4.69, 9.17) is 10.8 Å². The number of carbonyl (C=O) groups is 9. The van der Waals surface area contributed by atoms with Crippen molar-refractivity contribution in [1.29, 1.82) is 0 Å². The number of carboxylic acid groups (broad SMARTS) is 3. The first-order chi connectivity index (χ1) is 28.7. The first kappa shape index (κ1) is 51.7. The molecule has 0 bridgehead atoms. The van der Waals surface area contributed by atoms with E-state index in [0.717, 1.165) is 6.42 Å². The number of carbonyl (C=O) groups excluding carboxylic acids is 6. The number of nitrogens with zero attached hydrogens (tertiary/aromatic N) is 1. The van der Waals surface area contributed by atoms with Gasteiger partial charge in [0.1, 0.15) is 24.2 Å². The van der Waals surface area contributed by atoms with Gasteiger partial charge >= 0.3 is 25.0 Å². The van der Waals surface area contributed by atoms with Crippen molar-refractivity contribution in [2.24, 2.45) is 17.6 Å². The van der Waals surface area contributed by atoms with E-state index in [2.05, 4.69) is 21.3 Å². The second-order valence-corrected chi connectivity index (χ2v) is 15.8. The van der Waals surface area contributed by atoms with Crippen LogP contribution in [0.15, 0.2) is 24.3 Å². The summed E-state index contributed by atoms with van der Waals surface area (Å²) in [5, 5.41) is 56.7. The summed E-state index contributed by atoms with van der Waals surface area (Å²) in [5.74, 6) is -10.8. The monoisotopic (exact) mass is 860 g/mol. The largest absolute Gasteiger partial charge is 0.481 e. The SMILES string of the molecule is Cc1ccccc1C[C@H](NC(=O)[C@H](CCC(=O)O)NC(=O)[C@@H](N)CC(=O)O)C(=O)N(C(=O)CCC(=O)O)[C@H](C(=O)N[C@@H](CC(C)C)C(=O)NCCCB(O)O)C1CCCCC1. The highest BCUT2D eigenvalue weighted by Gasteiger charge is 2.44. The van der Waals surface area contributed by atoms with Crippen LogP contribution in [0.2, 0.25) is 6.32 Å². The summed E-state index contributed by atoms with van der Waals surface area (Å²) < 4.78 is 0. The van der Waals surface area contributed by atoms with Gasteiger partial charge in [0.25, 0.3) is 5.91 Å². The van der Waals surface area contributed by atoms with Gasteiger partial charge in [-0.05, 0) is 68.3 Å². The summed E-state index contributed by atoms with van der Waals surface area (Å²) in [6, 6.07) is -0.995. The van der Waals surface area contributed by atoms with Crippen molar-refractivity contribution in [3.05, 3.63) is 35.4 Å². The van der Waals surface area contributed by atoms with Crippen LogP contribution in [0.5, 0.6) is 0 Å². The van der Waals surface area contributed by atoms with Gasteiger partial charge < -0.3 is 52.4 Å². The average Bonchev–Trinajstić information content (AvgIpc) is 3.18. The molecule has 0 spiro atoms. The molecule has 0 aromatic heterocycles. The van der Waals surface area contributed by atoms with Crippen LogP contribution in [0.25, 0.3) is 0 Å². The van der Waals surface area contributed by atoms with E-state index in [1.54, 1.807) is 31.2 Å². The second kappa shape index (κ2) is 26.0. The molecule has 1 aliphatic carbocycles. The Kier molecular flexibility index (Phi) is 22.1. The molecule has 61 heavy (non-hydrogen) atoms. The number of rotatable bonds is 26. The molecule has 338 valence electrons. The maximum Gasteiger partial charge on any atom is 0.451 e. The minimum Gasteiger partial charge on any atom is -0.481 e. The maximum absolute atomic E-state index is 15.1. The van der Waals surface area contributed by atoms with Gasteiger partial charge in [-0.15, -0.1) is 0 Å². The zero-order valence-electron chi connectivity index (χ0n) is 35.0. The molecule has 5 atom stereocenters. The highest BCUT2D eigenvalue weighted by Crippen LogP contribution is 2.31. The topological polar surface area (TPSA) is 332 Å². The number of hydrogen-bond donors (Lipinski definition) is 10. The van der Waals surface area contributed by atoms with Crippen molar-refractivity contribution in [2.75, 3.05) is 6.54 Å². The normalized spacial score (nSPS) is 15.3. The van der Waals surface area contributed by atoms with Crippen LogP contribution in [-0.2, 0) is 49.6 Å². The zero-order chi connectivity index (χ0) is 45.8. The number of aryl methyl sites for hydroxylation is 1. The van der Waals surface area contributed by atoms with Gasteiger partial charge in [-0.3, -0.25) is 48.1 Å². The smallest absolute Gasteiger partial charge is 0.451 e. The van der Waals surface area contributed by atoms with E-state index in [1.807, 2.05) is 13.8 Å². The molecule has 1 aliphatic rings. The number of carboxylic acids is 3. The molecular formula is C40H61BN6O14. The molecule has 0 heterocycles. The fraction of sp³-hybridized carbons (Fsp3) is 0.625. The Labute approximate surface area is 354 Å². The third-order valence-corrected chi connectivity index (χ3v) is 10.3. The summed E-state index contributed by atoms with van der Waals surface area (Å²) in [7, 11) is -1.59. The lowest BCUT2D eigenvalue weighted by Gasteiger charge is -2.39. The van der Waals surface area contributed by atoms with E-state index in [0.29, 0.717) is 41.7 Å². The first-order valence-electron chi connectivity index (χ1n) is 20.6. The minimum atomic E-state index is -1.69. The van der Waals surface area contributed by atoms with Crippen LogP contribution in [-0.4, -0.2) is 127 Å². The molecule has 0 saturated heterocycles. The second-order valence-electron chi connectivity index (χ2n) is 15.8. The molecule has 2 rings (SSSR count). The van der Waals surface area contributed by atoms with Crippen molar-refractivity contribution < 1.29 is 68.5 Å². The number of nitrogens with one attached hydrogen (secondary N) is 4. The number of benzene rings is 1. The fourth-order valence-corrected chi connectivity index (χ4v) is 7.12. The lowest BCUT2D eigenvalue weighted by Crippen LogP contribution is -2.63. The van der Waals surface area contributed by atoms with Gasteiger partial charge in [0.2, 0.25) is 29.5 Å². The predicted octanol–water partition coefficient (Wildman–Crippen LogP) is -0.147. The molecule has 1 aromatic carbocycles. The molecular weight excluding hydrogens is 799 g/mol. The van der Waals surface area contributed by atoms with Crippen molar-refractivity contribution >= 4 is 60.5 Å². The van der Waals surface area contributed by atoms with Gasteiger partial charge in [0.15, 0.2) is 0 Å². The number of nitrogens with two attached hydrogens (primary N) is 1. The lowest BCUT2D eigenvalue weighted by atomic mass is 9.82. The number of aliphatic carboxylic acids is 3. The Bertz CT molecular complexity index is 1700. The van der Waals surface area contributed by atoms with Gasteiger partial charge in [-0.25, -0.2) is 0 Å². The zero-order valence-corrected chi connectivity index (χ0v) is 35.0. The van der Waals surface area contributed by atoms with Gasteiger partial charge in [-0.1, -0.05) is 57.4 Å². The van der Waals surface area contributed by atoms with Gasteiger partial charge in [0, 0.05) is 25.8 Å².